The van der Waals surface area contributed by atoms with E-state index in [4.69, 9.17) is 13.9 Å². The van der Waals surface area contributed by atoms with E-state index in [-0.39, 0.29) is 24.6 Å². The normalized spacial score (nSPS) is 20.6. The SMILES string of the molecule is Cc1oc(-c2ccc(F)cc2)nc1COC1CCCCC1OCC=O. The van der Waals surface area contributed by atoms with Crippen LogP contribution in [0.1, 0.15) is 37.1 Å². The predicted molar refractivity (Wildman–Crippen MR) is 89.5 cm³/mol. The Hall–Kier alpha value is -2.05. The zero-order valence-corrected chi connectivity index (χ0v) is 14.2. The van der Waals surface area contributed by atoms with Crippen LogP contribution in [-0.4, -0.2) is 30.1 Å². The van der Waals surface area contributed by atoms with E-state index >= 15 is 0 Å². The lowest BCUT2D eigenvalue weighted by Gasteiger charge is -2.30. The highest BCUT2D eigenvalue weighted by molar-refractivity contribution is 5.53. The Morgan fingerprint density at radius 3 is 2.56 bits per heavy atom. The minimum atomic E-state index is -0.297. The first kappa shape index (κ1) is 17.8. The van der Waals surface area contributed by atoms with Gasteiger partial charge < -0.3 is 18.7 Å². The molecule has 0 spiro atoms. The van der Waals surface area contributed by atoms with E-state index in [2.05, 4.69) is 4.98 Å². The lowest BCUT2D eigenvalue weighted by atomic mass is 9.94. The van der Waals surface area contributed by atoms with Gasteiger partial charge in [-0.1, -0.05) is 12.8 Å². The molecular weight excluding hydrogens is 325 g/mol. The van der Waals surface area contributed by atoms with Gasteiger partial charge >= 0.3 is 0 Å². The molecule has 2 aromatic rings. The number of aldehydes is 1. The molecule has 1 aromatic carbocycles. The van der Waals surface area contributed by atoms with Crippen LogP contribution in [0.5, 0.6) is 0 Å². The van der Waals surface area contributed by atoms with Crippen molar-refractivity contribution < 1.29 is 23.1 Å². The lowest BCUT2D eigenvalue weighted by Crippen LogP contribution is -2.35. The topological polar surface area (TPSA) is 61.6 Å². The number of carbonyl (C=O) groups excluding carboxylic acids is 1. The van der Waals surface area contributed by atoms with Gasteiger partial charge in [-0.2, -0.15) is 0 Å². The molecule has 1 aliphatic carbocycles. The van der Waals surface area contributed by atoms with Crippen LogP contribution in [-0.2, 0) is 20.9 Å². The van der Waals surface area contributed by atoms with Crippen molar-refractivity contribution >= 4 is 6.29 Å². The van der Waals surface area contributed by atoms with Crippen LogP contribution in [0.4, 0.5) is 4.39 Å². The quantitative estimate of drug-likeness (QED) is 0.712. The number of aromatic nitrogens is 1. The average Bonchev–Trinajstić information content (AvgIpc) is 3.00. The zero-order valence-electron chi connectivity index (χ0n) is 14.2. The second-order valence-electron chi connectivity index (χ2n) is 6.20. The van der Waals surface area contributed by atoms with Crippen molar-refractivity contribution in [2.75, 3.05) is 6.61 Å². The third-order valence-corrected chi connectivity index (χ3v) is 4.44. The number of hydrogen-bond donors (Lipinski definition) is 0. The van der Waals surface area contributed by atoms with Crippen LogP contribution in [0.3, 0.4) is 0 Å². The predicted octanol–water partition coefficient (Wildman–Crippen LogP) is 3.83. The van der Waals surface area contributed by atoms with Gasteiger partial charge in [0.05, 0.1) is 18.8 Å². The molecule has 1 heterocycles. The first-order valence-electron chi connectivity index (χ1n) is 8.56. The Bertz CT molecular complexity index is 698. The fraction of sp³-hybridized carbons (Fsp3) is 0.474. The van der Waals surface area contributed by atoms with Gasteiger partial charge in [-0.15, -0.1) is 0 Å². The Morgan fingerprint density at radius 2 is 1.88 bits per heavy atom. The molecule has 0 bridgehead atoms. The summed E-state index contributed by atoms with van der Waals surface area (Å²) in [6, 6.07) is 6.02. The van der Waals surface area contributed by atoms with Gasteiger partial charge in [0, 0.05) is 5.56 Å². The molecule has 25 heavy (non-hydrogen) atoms. The summed E-state index contributed by atoms with van der Waals surface area (Å²) in [5, 5.41) is 0. The highest BCUT2D eigenvalue weighted by Crippen LogP contribution is 2.26. The summed E-state index contributed by atoms with van der Waals surface area (Å²) >= 11 is 0. The number of carbonyl (C=O) groups is 1. The Morgan fingerprint density at radius 1 is 1.20 bits per heavy atom. The fourth-order valence-electron chi connectivity index (χ4n) is 3.07. The molecule has 0 radical (unpaired) electrons. The van der Waals surface area contributed by atoms with Crippen LogP contribution >= 0.6 is 0 Å². The first-order valence-corrected chi connectivity index (χ1v) is 8.56. The maximum atomic E-state index is 13.0. The molecule has 6 heteroatoms. The summed E-state index contributed by atoms with van der Waals surface area (Å²) in [4.78, 5) is 15.0. The number of hydrogen-bond acceptors (Lipinski definition) is 5. The molecule has 0 N–H and O–H groups in total. The van der Waals surface area contributed by atoms with E-state index in [0.717, 1.165) is 43.2 Å². The monoisotopic (exact) mass is 347 g/mol. The third kappa shape index (κ3) is 4.52. The summed E-state index contributed by atoms with van der Waals surface area (Å²) < 4.78 is 30.3. The number of halogens is 1. The molecule has 134 valence electrons. The number of rotatable bonds is 7. The molecule has 0 saturated heterocycles. The summed E-state index contributed by atoms with van der Waals surface area (Å²) in [6.45, 7) is 2.25. The summed E-state index contributed by atoms with van der Waals surface area (Å²) in [7, 11) is 0. The van der Waals surface area contributed by atoms with E-state index in [9.17, 15) is 9.18 Å². The second kappa shape index (κ2) is 8.36. The van der Waals surface area contributed by atoms with Crippen molar-refractivity contribution in [2.24, 2.45) is 0 Å². The summed E-state index contributed by atoms with van der Waals surface area (Å²) in [5.74, 6) is 0.836. The van der Waals surface area contributed by atoms with Crippen molar-refractivity contribution in [1.82, 2.24) is 4.98 Å². The van der Waals surface area contributed by atoms with E-state index in [1.54, 1.807) is 12.1 Å². The molecule has 1 fully saturated rings. The molecule has 1 aliphatic rings. The zero-order chi connectivity index (χ0) is 17.6. The molecule has 1 saturated carbocycles. The molecule has 0 aliphatic heterocycles. The van der Waals surface area contributed by atoms with Crippen LogP contribution < -0.4 is 0 Å². The van der Waals surface area contributed by atoms with Crippen LogP contribution in [0.15, 0.2) is 28.7 Å². The van der Waals surface area contributed by atoms with Gasteiger partial charge in [0.25, 0.3) is 0 Å². The van der Waals surface area contributed by atoms with E-state index in [1.807, 2.05) is 6.92 Å². The fourth-order valence-corrected chi connectivity index (χ4v) is 3.07. The molecule has 2 unspecified atom stereocenters. The van der Waals surface area contributed by atoms with Crippen molar-refractivity contribution in [1.29, 1.82) is 0 Å². The second-order valence-corrected chi connectivity index (χ2v) is 6.20. The van der Waals surface area contributed by atoms with Crippen LogP contribution in [0.25, 0.3) is 11.5 Å². The van der Waals surface area contributed by atoms with Gasteiger partial charge in [0.15, 0.2) is 0 Å². The van der Waals surface area contributed by atoms with Gasteiger partial charge in [-0.3, -0.25) is 0 Å². The van der Waals surface area contributed by atoms with Crippen LogP contribution in [0, 0.1) is 12.7 Å². The molecule has 2 atom stereocenters. The Labute approximate surface area is 146 Å². The van der Waals surface area contributed by atoms with E-state index < -0.39 is 0 Å². The first-order chi connectivity index (χ1) is 12.2. The van der Waals surface area contributed by atoms with Gasteiger partial charge in [-0.05, 0) is 44.0 Å². The molecule has 5 nitrogen and oxygen atoms in total. The number of aryl methyl sites for hydroxylation is 1. The number of ether oxygens (including phenoxy) is 2. The van der Waals surface area contributed by atoms with Crippen molar-refractivity contribution in [3.63, 3.8) is 0 Å². The van der Waals surface area contributed by atoms with Crippen LogP contribution in [0.2, 0.25) is 0 Å². The van der Waals surface area contributed by atoms with Gasteiger partial charge in [0.2, 0.25) is 5.89 Å². The number of oxazole rings is 1. The average molecular weight is 347 g/mol. The van der Waals surface area contributed by atoms with Gasteiger partial charge in [0.1, 0.15) is 30.2 Å². The van der Waals surface area contributed by atoms with E-state index in [0.29, 0.717) is 18.3 Å². The third-order valence-electron chi connectivity index (χ3n) is 4.44. The lowest BCUT2D eigenvalue weighted by molar-refractivity contribution is -0.124. The molecule has 1 aromatic heterocycles. The largest absolute Gasteiger partial charge is 0.441 e. The molecule has 0 amide bonds. The number of benzene rings is 1. The standard InChI is InChI=1S/C19H22FNO4/c1-13-16(21-19(25-13)14-6-8-15(20)9-7-14)12-24-18-5-3-2-4-17(18)23-11-10-22/h6-10,17-18H,2-5,11-12H2,1H3. The summed E-state index contributed by atoms with van der Waals surface area (Å²) in [5.41, 5.74) is 1.44. The minimum Gasteiger partial charge on any atom is -0.441 e. The summed E-state index contributed by atoms with van der Waals surface area (Å²) in [6.07, 6.45) is 4.65. The minimum absolute atomic E-state index is 0.0425. The van der Waals surface area contributed by atoms with Crippen molar-refractivity contribution in [3.05, 3.63) is 41.5 Å². The number of nitrogens with zero attached hydrogens (tertiary/aromatic N) is 1. The highest BCUT2D eigenvalue weighted by atomic mass is 19.1. The smallest absolute Gasteiger partial charge is 0.226 e. The highest BCUT2D eigenvalue weighted by Gasteiger charge is 2.27. The molecule has 3 rings (SSSR count). The maximum Gasteiger partial charge on any atom is 0.226 e. The Balaban J connectivity index is 1.64. The maximum absolute atomic E-state index is 13.0. The van der Waals surface area contributed by atoms with E-state index in [1.165, 1.54) is 12.1 Å². The van der Waals surface area contributed by atoms with Crippen molar-refractivity contribution in [3.8, 4) is 11.5 Å². The molecular formula is C19H22FNO4. The van der Waals surface area contributed by atoms with Crippen molar-refractivity contribution in [2.45, 2.75) is 51.4 Å². The Kier molecular flexibility index (Phi) is 5.94. The van der Waals surface area contributed by atoms with Gasteiger partial charge in [-0.25, -0.2) is 9.37 Å².